The van der Waals surface area contributed by atoms with Gasteiger partial charge in [-0.3, -0.25) is 19.9 Å². The molecule has 0 bridgehead atoms. The molecule has 0 radical (unpaired) electrons. The zero-order valence-corrected chi connectivity index (χ0v) is 19.9. The van der Waals surface area contributed by atoms with Crippen LogP contribution in [0.5, 0.6) is 0 Å². The van der Waals surface area contributed by atoms with E-state index in [1.54, 1.807) is 26.0 Å². The number of sulfone groups is 1. The summed E-state index contributed by atoms with van der Waals surface area (Å²) in [5.74, 6) is -0.663. The lowest BCUT2D eigenvalue weighted by molar-refractivity contribution is -0.385. The van der Waals surface area contributed by atoms with Crippen molar-refractivity contribution in [1.82, 2.24) is 14.3 Å². The number of piperidine rings is 1. The Labute approximate surface area is 188 Å². The third-order valence-electron chi connectivity index (χ3n) is 6.01. The van der Waals surface area contributed by atoms with Crippen molar-refractivity contribution in [2.24, 2.45) is 5.92 Å². The highest BCUT2D eigenvalue weighted by molar-refractivity contribution is 7.91. The molecular formula is C19H28N4O7S2. The normalized spacial score (nSPS) is 22.2. The van der Waals surface area contributed by atoms with Crippen LogP contribution < -0.4 is 0 Å². The van der Waals surface area contributed by atoms with E-state index >= 15 is 0 Å². The maximum Gasteiger partial charge on any atom is 0.270 e. The third kappa shape index (κ3) is 4.95. The Hall–Kier alpha value is -2.09. The maximum atomic E-state index is 13.2. The number of sulfonamides is 1. The van der Waals surface area contributed by atoms with Gasteiger partial charge in [-0.2, -0.15) is 4.31 Å². The molecule has 1 unspecified atom stereocenters. The van der Waals surface area contributed by atoms with E-state index in [1.165, 1.54) is 21.4 Å². The maximum absolute atomic E-state index is 13.2. The van der Waals surface area contributed by atoms with Crippen LogP contribution >= 0.6 is 0 Å². The van der Waals surface area contributed by atoms with Crippen LogP contribution in [0.2, 0.25) is 0 Å². The van der Waals surface area contributed by atoms with E-state index in [4.69, 9.17) is 0 Å². The molecule has 178 valence electrons. The summed E-state index contributed by atoms with van der Waals surface area (Å²) in [5.41, 5.74) is 0.113. The largest absolute Gasteiger partial charge is 0.273 e. The molecule has 1 amide bonds. The van der Waals surface area contributed by atoms with E-state index in [9.17, 15) is 31.7 Å². The first-order valence-electron chi connectivity index (χ1n) is 10.3. The predicted octanol–water partition coefficient (Wildman–Crippen LogP) is 0.796. The number of amides is 1. The van der Waals surface area contributed by atoms with Crippen molar-refractivity contribution in [2.75, 3.05) is 38.7 Å². The second kappa shape index (κ2) is 9.04. The molecule has 0 aromatic heterocycles. The van der Waals surface area contributed by atoms with Gasteiger partial charge >= 0.3 is 0 Å². The van der Waals surface area contributed by atoms with Crippen LogP contribution in [-0.2, 0) is 24.7 Å². The highest BCUT2D eigenvalue weighted by Crippen LogP contribution is 2.30. The summed E-state index contributed by atoms with van der Waals surface area (Å²) in [4.78, 5) is 23.5. The number of aryl methyl sites for hydroxylation is 1. The molecule has 2 saturated heterocycles. The van der Waals surface area contributed by atoms with Gasteiger partial charge in [0.05, 0.1) is 27.4 Å². The number of hydrogen-bond acceptors (Lipinski definition) is 8. The minimum atomic E-state index is -3.95. The summed E-state index contributed by atoms with van der Waals surface area (Å²) < 4.78 is 51.2. The number of non-ortho nitro benzene ring substituents is 1. The monoisotopic (exact) mass is 488 g/mol. The fourth-order valence-corrected chi connectivity index (χ4v) is 7.73. The number of hydrogen-bond donors (Lipinski definition) is 0. The van der Waals surface area contributed by atoms with E-state index in [2.05, 4.69) is 0 Å². The number of benzene rings is 1. The first kappa shape index (κ1) is 24.6. The summed E-state index contributed by atoms with van der Waals surface area (Å²) in [7, 11) is -3.74. The van der Waals surface area contributed by atoms with Gasteiger partial charge in [-0.25, -0.2) is 21.8 Å². The zero-order chi connectivity index (χ0) is 23.8. The Kier molecular flexibility index (Phi) is 6.94. The lowest BCUT2D eigenvalue weighted by Gasteiger charge is -2.38. The number of carbonyl (C=O) groups excluding carboxylic acids is 1. The second-order valence-corrected chi connectivity index (χ2v) is 12.6. The molecule has 1 aromatic carbocycles. The molecule has 0 spiro atoms. The first-order valence-corrected chi connectivity index (χ1v) is 13.6. The van der Waals surface area contributed by atoms with Crippen LogP contribution in [0.4, 0.5) is 5.69 Å². The highest BCUT2D eigenvalue weighted by Gasteiger charge is 2.40. The summed E-state index contributed by atoms with van der Waals surface area (Å²) in [6.45, 7) is 1.79. The Morgan fingerprint density at radius 2 is 1.81 bits per heavy atom. The number of nitro benzene ring substituents is 1. The van der Waals surface area contributed by atoms with E-state index in [-0.39, 0.29) is 53.9 Å². The standard InChI is InChI=1S/C19H28N4O7S2/c1-14-4-5-16(23(25)26)12-18(14)32(29,30)21-9-6-15(7-10-21)19(24)22(20(2)3)17-8-11-31(27,28)13-17/h4-5,12,15,17H,6-11,13H2,1-3H3. The molecule has 32 heavy (non-hydrogen) atoms. The fraction of sp³-hybridized carbons (Fsp3) is 0.632. The van der Waals surface area contributed by atoms with Crippen LogP contribution in [0.3, 0.4) is 0 Å². The molecule has 0 N–H and O–H groups in total. The predicted molar refractivity (Wildman–Crippen MR) is 117 cm³/mol. The summed E-state index contributed by atoms with van der Waals surface area (Å²) >= 11 is 0. The minimum Gasteiger partial charge on any atom is -0.273 e. The highest BCUT2D eigenvalue weighted by atomic mass is 32.2. The van der Waals surface area contributed by atoms with Crippen molar-refractivity contribution in [3.05, 3.63) is 33.9 Å². The van der Waals surface area contributed by atoms with Gasteiger partial charge in [0, 0.05) is 45.2 Å². The number of nitro groups is 1. The fourth-order valence-electron chi connectivity index (χ4n) is 4.32. The number of rotatable bonds is 6. The van der Waals surface area contributed by atoms with E-state index in [0.29, 0.717) is 12.0 Å². The average Bonchev–Trinajstić information content (AvgIpc) is 3.06. The van der Waals surface area contributed by atoms with Crippen LogP contribution in [0.25, 0.3) is 0 Å². The lowest BCUT2D eigenvalue weighted by Crippen LogP contribution is -2.53. The number of hydrazine groups is 1. The lowest BCUT2D eigenvalue weighted by atomic mass is 9.96. The van der Waals surface area contributed by atoms with Crippen molar-refractivity contribution in [3.8, 4) is 0 Å². The van der Waals surface area contributed by atoms with Gasteiger partial charge in [0.15, 0.2) is 9.84 Å². The first-order chi connectivity index (χ1) is 14.8. The van der Waals surface area contributed by atoms with Crippen molar-refractivity contribution < 1.29 is 26.6 Å². The van der Waals surface area contributed by atoms with Crippen molar-refractivity contribution in [1.29, 1.82) is 0 Å². The Morgan fingerprint density at radius 1 is 1.19 bits per heavy atom. The molecule has 2 aliphatic rings. The molecule has 1 aromatic rings. The molecule has 0 saturated carbocycles. The second-order valence-electron chi connectivity index (χ2n) is 8.47. The summed E-state index contributed by atoms with van der Waals surface area (Å²) in [6, 6.07) is 3.32. The van der Waals surface area contributed by atoms with Crippen LogP contribution in [0, 0.1) is 23.0 Å². The molecule has 1 atom stereocenters. The molecule has 2 heterocycles. The molecule has 2 aliphatic heterocycles. The minimum absolute atomic E-state index is 0.0501. The number of nitrogens with zero attached hydrogens (tertiary/aromatic N) is 4. The van der Waals surface area contributed by atoms with Crippen molar-refractivity contribution >= 4 is 31.5 Å². The summed E-state index contributed by atoms with van der Waals surface area (Å²) in [6.07, 6.45) is 0.956. The third-order valence-corrected chi connectivity index (χ3v) is 9.81. The van der Waals surface area contributed by atoms with Crippen LogP contribution in [0.1, 0.15) is 24.8 Å². The topological polar surface area (TPSA) is 138 Å². The zero-order valence-electron chi connectivity index (χ0n) is 18.3. The van der Waals surface area contributed by atoms with Crippen LogP contribution in [-0.4, -0.2) is 86.7 Å². The van der Waals surface area contributed by atoms with Gasteiger partial charge in [-0.1, -0.05) is 6.07 Å². The molecule has 11 nitrogen and oxygen atoms in total. The molecular weight excluding hydrogens is 460 g/mol. The van der Waals surface area contributed by atoms with Gasteiger partial charge in [0.1, 0.15) is 0 Å². The number of carbonyl (C=O) groups is 1. The Morgan fingerprint density at radius 3 is 2.31 bits per heavy atom. The summed E-state index contributed by atoms with van der Waals surface area (Å²) in [5, 5.41) is 14.2. The van der Waals surface area contributed by atoms with E-state index in [0.717, 1.165) is 6.07 Å². The molecule has 13 heteroatoms. The van der Waals surface area contributed by atoms with Crippen molar-refractivity contribution in [3.63, 3.8) is 0 Å². The van der Waals surface area contributed by atoms with Gasteiger partial charge in [-0.15, -0.1) is 0 Å². The van der Waals surface area contributed by atoms with Gasteiger partial charge in [0.25, 0.3) is 5.69 Å². The molecule has 3 rings (SSSR count). The molecule has 2 fully saturated rings. The van der Waals surface area contributed by atoms with E-state index < -0.39 is 36.7 Å². The Balaban J connectivity index is 1.73. The SMILES string of the molecule is Cc1ccc([N+](=O)[O-])cc1S(=O)(=O)N1CCC(C(=O)N(C2CCS(=O)(=O)C2)N(C)C)CC1. The Bertz CT molecular complexity index is 1110. The van der Waals surface area contributed by atoms with E-state index in [1.807, 2.05) is 0 Å². The van der Waals surface area contributed by atoms with Gasteiger partial charge in [-0.05, 0) is 31.7 Å². The van der Waals surface area contributed by atoms with Crippen molar-refractivity contribution in [2.45, 2.75) is 37.1 Å². The smallest absolute Gasteiger partial charge is 0.270 e. The average molecular weight is 489 g/mol. The van der Waals surface area contributed by atoms with Gasteiger partial charge < -0.3 is 0 Å². The quantitative estimate of drug-likeness (QED) is 0.423. The van der Waals surface area contributed by atoms with Gasteiger partial charge in [0.2, 0.25) is 15.9 Å². The molecule has 0 aliphatic carbocycles. The van der Waals surface area contributed by atoms with Crippen LogP contribution in [0.15, 0.2) is 23.1 Å².